The smallest absolute Gasteiger partial charge is 0.245 e. The summed E-state index contributed by atoms with van der Waals surface area (Å²) in [5.41, 5.74) is -0.116. The average Bonchev–Trinajstić information content (AvgIpc) is 2.38. The molecule has 1 fully saturated rings. The van der Waals surface area contributed by atoms with Crippen molar-refractivity contribution in [1.29, 1.82) is 0 Å². The van der Waals surface area contributed by atoms with Crippen LogP contribution in [-0.4, -0.2) is 43.1 Å². The van der Waals surface area contributed by atoms with Gasteiger partial charge in [-0.1, -0.05) is 17.7 Å². The van der Waals surface area contributed by atoms with Crippen LogP contribution < -0.4 is 0 Å². The first kappa shape index (κ1) is 15.7. The van der Waals surface area contributed by atoms with Gasteiger partial charge in [0.1, 0.15) is 4.90 Å². The first-order valence-corrected chi connectivity index (χ1v) is 8.11. The summed E-state index contributed by atoms with van der Waals surface area (Å²) in [6.07, 6.45) is 0. The third kappa shape index (κ3) is 2.84. The normalized spacial score (nSPS) is 20.0. The number of morpholine rings is 1. The van der Waals surface area contributed by atoms with Crippen LogP contribution in [0.1, 0.15) is 19.4 Å². The number of ether oxygens (including phenoxy) is 1. The minimum absolute atomic E-state index is 0.0284. The molecule has 20 heavy (non-hydrogen) atoms. The molecule has 0 bridgehead atoms. The van der Waals surface area contributed by atoms with Crippen LogP contribution in [0.4, 0.5) is 0 Å². The van der Waals surface area contributed by atoms with Gasteiger partial charge >= 0.3 is 0 Å². The highest BCUT2D eigenvalue weighted by atomic mass is 35.5. The van der Waals surface area contributed by atoms with Crippen molar-refractivity contribution in [1.82, 2.24) is 4.31 Å². The maximum absolute atomic E-state index is 12.8. The number of benzene rings is 1. The number of hydrogen-bond acceptors (Lipinski definition) is 4. The number of nitrogens with zero attached hydrogens (tertiary/aromatic N) is 1. The second kappa shape index (κ2) is 5.61. The van der Waals surface area contributed by atoms with Crippen LogP contribution >= 0.6 is 11.6 Å². The largest absolute Gasteiger partial charge is 0.392 e. The minimum Gasteiger partial charge on any atom is -0.392 e. The molecule has 1 heterocycles. The Labute approximate surface area is 124 Å². The van der Waals surface area contributed by atoms with E-state index in [-0.39, 0.29) is 23.1 Å². The molecule has 0 spiro atoms. The second-order valence-electron chi connectivity index (χ2n) is 5.37. The molecule has 1 aromatic rings. The van der Waals surface area contributed by atoms with Crippen LogP contribution in [0.15, 0.2) is 23.1 Å². The highest BCUT2D eigenvalue weighted by molar-refractivity contribution is 7.89. The Kier molecular flexibility index (Phi) is 4.41. The average molecular weight is 320 g/mol. The standard InChI is InChI=1S/C13H18ClNO4S/c1-13(2)9-19-6-5-15(13)20(17,18)12-7-10(8-16)3-4-11(12)14/h3-4,7,16H,5-6,8-9H2,1-2H3. The molecule has 0 radical (unpaired) electrons. The van der Waals surface area contributed by atoms with Gasteiger partial charge in [0.2, 0.25) is 10.0 Å². The molecule has 0 aromatic heterocycles. The van der Waals surface area contributed by atoms with Crippen LogP contribution in [0.3, 0.4) is 0 Å². The van der Waals surface area contributed by atoms with E-state index < -0.39 is 15.6 Å². The lowest BCUT2D eigenvalue weighted by Crippen LogP contribution is -2.55. The van der Waals surface area contributed by atoms with Gasteiger partial charge < -0.3 is 9.84 Å². The van der Waals surface area contributed by atoms with E-state index in [0.717, 1.165) is 0 Å². The quantitative estimate of drug-likeness (QED) is 0.919. The summed E-state index contributed by atoms with van der Waals surface area (Å²) in [6, 6.07) is 4.52. The van der Waals surface area contributed by atoms with Crippen LogP contribution in [0.2, 0.25) is 5.02 Å². The maximum Gasteiger partial charge on any atom is 0.245 e. The lowest BCUT2D eigenvalue weighted by atomic mass is 10.1. The number of halogens is 1. The molecule has 0 aliphatic carbocycles. The van der Waals surface area contributed by atoms with Gasteiger partial charge in [0, 0.05) is 6.54 Å². The van der Waals surface area contributed by atoms with Gasteiger partial charge in [-0.15, -0.1) is 0 Å². The number of aliphatic hydroxyl groups excluding tert-OH is 1. The predicted molar refractivity (Wildman–Crippen MR) is 76.2 cm³/mol. The first-order valence-electron chi connectivity index (χ1n) is 6.29. The Bertz CT molecular complexity index is 600. The molecule has 5 nitrogen and oxygen atoms in total. The van der Waals surface area contributed by atoms with Gasteiger partial charge in [0.05, 0.1) is 30.4 Å². The summed E-state index contributed by atoms with van der Waals surface area (Å²) in [4.78, 5) is 0.0284. The Hall–Kier alpha value is -0.660. The van der Waals surface area contributed by atoms with Crippen molar-refractivity contribution >= 4 is 21.6 Å². The summed E-state index contributed by atoms with van der Waals surface area (Å²) in [6.45, 7) is 4.38. The number of hydrogen-bond donors (Lipinski definition) is 1. The summed E-state index contributed by atoms with van der Waals surface area (Å²) >= 11 is 6.03. The third-order valence-electron chi connectivity index (χ3n) is 3.32. The van der Waals surface area contributed by atoms with Crippen LogP contribution in [0.25, 0.3) is 0 Å². The van der Waals surface area contributed by atoms with Crippen molar-refractivity contribution in [2.75, 3.05) is 19.8 Å². The van der Waals surface area contributed by atoms with Gasteiger partial charge in [0.15, 0.2) is 0 Å². The molecule has 1 N–H and O–H groups in total. The molecule has 1 aromatic carbocycles. The van der Waals surface area contributed by atoms with Crippen molar-refractivity contribution in [3.05, 3.63) is 28.8 Å². The van der Waals surface area contributed by atoms with E-state index in [1.165, 1.54) is 16.4 Å². The molecular formula is C13H18ClNO4S. The first-order chi connectivity index (χ1) is 9.29. The summed E-state index contributed by atoms with van der Waals surface area (Å²) in [5, 5.41) is 9.32. The monoisotopic (exact) mass is 319 g/mol. The Morgan fingerprint density at radius 2 is 2.15 bits per heavy atom. The zero-order valence-electron chi connectivity index (χ0n) is 11.5. The molecule has 1 aliphatic heterocycles. The van der Waals surface area contributed by atoms with Crippen molar-refractivity contribution in [2.45, 2.75) is 30.9 Å². The van der Waals surface area contributed by atoms with Gasteiger partial charge in [-0.2, -0.15) is 4.31 Å². The van der Waals surface area contributed by atoms with E-state index in [1.54, 1.807) is 6.07 Å². The molecule has 7 heteroatoms. The zero-order valence-corrected chi connectivity index (χ0v) is 13.0. The number of sulfonamides is 1. The Morgan fingerprint density at radius 3 is 2.75 bits per heavy atom. The summed E-state index contributed by atoms with van der Waals surface area (Å²) < 4.78 is 32.3. The van der Waals surface area contributed by atoms with Gasteiger partial charge in [0.25, 0.3) is 0 Å². The van der Waals surface area contributed by atoms with Crippen molar-refractivity contribution in [3.63, 3.8) is 0 Å². The van der Waals surface area contributed by atoms with E-state index in [0.29, 0.717) is 18.8 Å². The van der Waals surface area contributed by atoms with E-state index in [1.807, 2.05) is 13.8 Å². The highest BCUT2D eigenvalue weighted by Crippen LogP contribution is 2.31. The fourth-order valence-corrected chi connectivity index (χ4v) is 4.53. The lowest BCUT2D eigenvalue weighted by molar-refractivity contribution is -0.00770. The molecule has 1 saturated heterocycles. The van der Waals surface area contributed by atoms with Crippen molar-refractivity contribution < 1.29 is 18.3 Å². The number of rotatable bonds is 3. The fraction of sp³-hybridized carbons (Fsp3) is 0.538. The topological polar surface area (TPSA) is 66.8 Å². The second-order valence-corrected chi connectivity index (χ2v) is 7.60. The SMILES string of the molecule is CC1(C)COCCN1S(=O)(=O)c1cc(CO)ccc1Cl. The molecule has 0 unspecified atom stereocenters. The summed E-state index contributed by atoms with van der Waals surface area (Å²) in [5.74, 6) is 0. The molecule has 0 amide bonds. The van der Waals surface area contributed by atoms with Crippen molar-refractivity contribution in [2.24, 2.45) is 0 Å². The zero-order chi connectivity index (χ0) is 15.0. The third-order valence-corrected chi connectivity index (χ3v) is 5.91. The lowest BCUT2D eigenvalue weighted by Gasteiger charge is -2.40. The van der Waals surface area contributed by atoms with E-state index >= 15 is 0 Å². The van der Waals surface area contributed by atoms with E-state index in [2.05, 4.69) is 0 Å². The molecular weight excluding hydrogens is 302 g/mol. The predicted octanol–water partition coefficient (Wildman–Crippen LogP) is 1.63. The highest BCUT2D eigenvalue weighted by Gasteiger charge is 2.40. The molecule has 1 aliphatic rings. The van der Waals surface area contributed by atoms with E-state index in [9.17, 15) is 8.42 Å². The van der Waals surface area contributed by atoms with Crippen LogP contribution in [0, 0.1) is 0 Å². The van der Waals surface area contributed by atoms with E-state index in [4.69, 9.17) is 21.4 Å². The minimum atomic E-state index is -3.72. The van der Waals surface area contributed by atoms with Gasteiger partial charge in [-0.25, -0.2) is 8.42 Å². The molecule has 2 rings (SSSR count). The Balaban J connectivity index is 2.49. The van der Waals surface area contributed by atoms with Gasteiger partial charge in [-0.05, 0) is 31.5 Å². The molecule has 0 atom stereocenters. The summed E-state index contributed by atoms with van der Waals surface area (Å²) in [7, 11) is -3.72. The molecule has 112 valence electrons. The van der Waals surface area contributed by atoms with Gasteiger partial charge in [-0.3, -0.25) is 0 Å². The van der Waals surface area contributed by atoms with Crippen molar-refractivity contribution in [3.8, 4) is 0 Å². The fourth-order valence-electron chi connectivity index (χ4n) is 2.25. The van der Waals surface area contributed by atoms with Crippen LogP contribution in [-0.2, 0) is 21.4 Å². The maximum atomic E-state index is 12.8. The number of aliphatic hydroxyl groups is 1. The Morgan fingerprint density at radius 1 is 1.45 bits per heavy atom. The molecule has 0 saturated carbocycles. The van der Waals surface area contributed by atoms with Crippen LogP contribution in [0.5, 0.6) is 0 Å².